The van der Waals surface area contributed by atoms with Crippen molar-refractivity contribution in [1.82, 2.24) is 10.2 Å². The second-order valence-corrected chi connectivity index (χ2v) is 7.14. The number of thioether (sulfide) groups is 2. The number of imide groups is 1. The molecule has 2 rings (SSSR count). The summed E-state index contributed by atoms with van der Waals surface area (Å²) in [5.41, 5.74) is -0.754. The summed E-state index contributed by atoms with van der Waals surface area (Å²) >= 11 is 3.49. The molecule has 3 amide bonds. The molecule has 7 heteroatoms. The number of nitrogens with one attached hydrogen (secondary N) is 1. The maximum atomic E-state index is 11.9. The number of rotatable bonds is 4. The Hall–Kier alpha value is -0.690. The fourth-order valence-electron chi connectivity index (χ4n) is 1.81. The minimum Gasteiger partial charge on any atom is -0.324 e. The van der Waals surface area contributed by atoms with Gasteiger partial charge in [-0.25, -0.2) is 4.79 Å². The third kappa shape index (κ3) is 3.00. The lowest BCUT2D eigenvalue weighted by Crippen LogP contribution is -2.40. The standard InChI is InChI=1S/C11H17N3O2S2/c1-11(2)8(15)14(9(16)13-11)5-3-6-17-10-12-4-7-18-10/h3-7H2,1-2H3,(H,13,16). The highest BCUT2D eigenvalue weighted by Crippen LogP contribution is 2.23. The van der Waals surface area contributed by atoms with Crippen molar-refractivity contribution in [1.29, 1.82) is 0 Å². The number of amides is 3. The lowest BCUT2D eigenvalue weighted by atomic mass is 10.1. The average Bonchev–Trinajstić information content (AvgIpc) is 2.85. The van der Waals surface area contributed by atoms with Gasteiger partial charge in [0.2, 0.25) is 0 Å². The van der Waals surface area contributed by atoms with Crippen LogP contribution in [0, 0.1) is 0 Å². The van der Waals surface area contributed by atoms with Crippen LogP contribution in [0.2, 0.25) is 0 Å². The topological polar surface area (TPSA) is 61.8 Å². The summed E-state index contributed by atoms with van der Waals surface area (Å²) < 4.78 is 1.13. The fourth-order valence-corrected chi connectivity index (χ4v) is 3.81. The number of hydrogen-bond acceptors (Lipinski definition) is 5. The minimum atomic E-state index is -0.754. The third-order valence-electron chi connectivity index (χ3n) is 2.75. The van der Waals surface area contributed by atoms with Gasteiger partial charge in [-0.15, -0.1) is 0 Å². The maximum absolute atomic E-state index is 11.9. The van der Waals surface area contributed by atoms with Crippen LogP contribution in [-0.2, 0) is 4.79 Å². The summed E-state index contributed by atoms with van der Waals surface area (Å²) in [6.45, 7) is 4.85. The molecule has 0 unspecified atom stereocenters. The zero-order valence-corrected chi connectivity index (χ0v) is 12.2. The van der Waals surface area contributed by atoms with Crippen LogP contribution < -0.4 is 5.32 Å². The SMILES string of the molecule is CC1(C)NC(=O)N(CCCSC2=NCCS2)C1=O. The summed E-state index contributed by atoms with van der Waals surface area (Å²) in [6, 6.07) is -0.275. The lowest BCUT2D eigenvalue weighted by Gasteiger charge is -2.15. The molecule has 1 N–H and O–H groups in total. The Bertz CT molecular complexity index is 396. The number of carbonyl (C=O) groups is 2. The van der Waals surface area contributed by atoms with Gasteiger partial charge in [-0.3, -0.25) is 14.7 Å². The van der Waals surface area contributed by atoms with Crippen LogP contribution >= 0.6 is 23.5 Å². The highest BCUT2D eigenvalue weighted by Gasteiger charge is 2.43. The van der Waals surface area contributed by atoms with E-state index in [1.54, 1.807) is 37.4 Å². The van der Waals surface area contributed by atoms with E-state index in [0.29, 0.717) is 6.54 Å². The second-order valence-electron chi connectivity index (χ2n) is 4.71. The Morgan fingerprint density at radius 2 is 2.28 bits per heavy atom. The van der Waals surface area contributed by atoms with E-state index in [4.69, 9.17) is 0 Å². The fraction of sp³-hybridized carbons (Fsp3) is 0.727. The summed E-state index contributed by atoms with van der Waals surface area (Å²) in [6.07, 6.45) is 0.805. The molecule has 1 saturated heterocycles. The van der Waals surface area contributed by atoms with Gasteiger partial charge in [0, 0.05) is 18.1 Å². The molecule has 18 heavy (non-hydrogen) atoms. The van der Waals surface area contributed by atoms with Crippen LogP contribution in [-0.4, -0.2) is 51.3 Å². The molecule has 0 aliphatic carbocycles. The predicted molar refractivity (Wildman–Crippen MR) is 76.2 cm³/mol. The summed E-state index contributed by atoms with van der Waals surface area (Å²) in [7, 11) is 0. The maximum Gasteiger partial charge on any atom is 0.325 e. The van der Waals surface area contributed by atoms with Gasteiger partial charge in [-0.2, -0.15) is 0 Å². The Morgan fingerprint density at radius 1 is 1.50 bits per heavy atom. The molecule has 0 saturated carbocycles. The highest BCUT2D eigenvalue weighted by atomic mass is 32.2. The predicted octanol–water partition coefficient (Wildman–Crippen LogP) is 1.54. The molecule has 1 fully saturated rings. The molecule has 0 aromatic rings. The van der Waals surface area contributed by atoms with Gasteiger partial charge in [0.05, 0.1) is 6.54 Å². The lowest BCUT2D eigenvalue weighted by molar-refractivity contribution is -0.130. The van der Waals surface area contributed by atoms with Crippen molar-refractivity contribution in [3.8, 4) is 0 Å². The summed E-state index contributed by atoms with van der Waals surface area (Å²) in [5.74, 6) is 1.83. The van der Waals surface area contributed by atoms with E-state index >= 15 is 0 Å². The van der Waals surface area contributed by atoms with Crippen LogP contribution in [0.15, 0.2) is 4.99 Å². The van der Waals surface area contributed by atoms with Crippen molar-refractivity contribution in [2.45, 2.75) is 25.8 Å². The first-order valence-electron chi connectivity index (χ1n) is 5.95. The molecule has 0 aromatic heterocycles. The largest absolute Gasteiger partial charge is 0.325 e. The molecule has 0 radical (unpaired) electrons. The molecule has 0 atom stereocenters. The van der Waals surface area contributed by atoms with Crippen molar-refractivity contribution >= 4 is 39.8 Å². The molecule has 0 aromatic carbocycles. The minimum absolute atomic E-state index is 0.134. The smallest absolute Gasteiger partial charge is 0.324 e. The third-order valence-corrected chi connectivity index (χ3v) is 5.09. The van der Waals surface area contributed by atoms with Crippen molar-refractivity contribution in [2.75, 3.05) is 24.6 Å². The molecule has 5 nitrogen and oxygen atoms in total. The van der Waals surface area contributed by atoms with Gasteiger partial charge in [0.1, 0.15) is 9.91 Å². The molecular weight excluding hydrogens is 270 g/mol. The first kappa shape index (κ1) is 13.7. The molecule has 2 heterocycles. The van der Waals surface area contributed by atoms with Crippen LogP contribution in [0.25, 0.3) is 0 Å². The van der Waals surface area contributed by atoms with Gasteiger partial charge in [-0.05, 0) is 20.3 Å². The molecule has 2 aliphatic heterocycles. The number of nitrogens with zero attached hydrogens (tertiary/aromatic N) is 2. The number of hydrogen-bond donors (Lipinski definition) is 1. The Morgan fingerprint density at radius 3 is 2.83 bits per heavy atom. The van der Waals surface area contributed by atoms with Gasteiger partial charge in [0.25, 0.3) is 5.91 Å². The van der Waals surface area contributed by atoms with Crippen LogP contribution in [0.3, 0.4) is 0 Å². The quantitative estimate of drug-likeness (QED) is 0.629. The van der Waals surface area contributed by atoms with Crippen LogP contribution in [0.4, 0.5) is 4.79 Å². The van der Waals surface area contributed by atoms with E-state index in [9.17, 15) is 9.59 Å². The summed E-state index contributed by atoms with van der Waals surface area (Å²) in [4.78, 5) is 29.2. The zero-order valence-electron chi connectivity index (χ0n) is 10.6. The molecule has 0 bridgehead atoms. The number of carbonyl (C=O) groups excluding carboxylic acids is 2. The first-order valence-corrected chi connectivity index (χ1v) is 7.92. The highest BCUT2D eigenvalue weighted by molar-refractivity contribution is 8.39. The Kier molecular flexibility index (Phi) is 4.21. The Balaban J connectivity index is 1.73. The van der Waals surface area contributed by atoms with E-state index in [2.05, 4.69) is 10.3 Å². The normalized spacial score (nSPS) is 22.3. The van der Waals surface area contributed by atoms with Crippen molar-refractivity contribution in [3.63, 3.8) is 0 Å². The average molecular weight is 287 g/mol. The summed E-state index contributed by atoms with van der Waals surface area (Å²) in [5, 5.41) is 2.68. The van der Waals surface area contributed by atoms with Crippen LogP contribution in [0.5, 0.6) is 0 Å². The van der Waals surface area contributed by atoms with Gasteiger partial charge >= 0.3 is 6.03 Å². The number of aliphatic imine (C=N–C) groups is 1. The molecule has 0 spiro atoms. The molecule has 2 aliphatic rings. The van der Waals surface area contributed by atoms with E-state index in [0.717, 1.165) is 28.8 Å². The first-order chi connectivity index (χ1) is 8.50. The van der Waals surface area contributed by atoms with Gasteiger partial charge in [0.15, 0.2) is 0 Å². The van der Waals surface area contributed by atoms with Gasteiger partial charge in [-0.1, -0.05) is 23.5 Å². The van der Waals surface area contributed by atoms with E-state index in [-0.39, 0.29) is 11.9 Å². The Labute approximate surface area is 115 Å². The molecule has 100 valence electrons. The number of urea groups is 1. The van der Waals surface area contributed by atoms with Crippen molar-refractivity contribution in [2.24, 2.45) is 4.99 Å². The van der Waals surface area contributed by atoms with Gasteiger partial charge < -0.3 is 5.32 Å². The van der Waals surface area contributed by atoms with Crippen molar-refractivity contribution < 1.29 is 9.59 Å². The zero-order chi connectivity index (χ0) is 13.2. The van der Waals surface area contributed by atoms with Crippen molar-refractivity contribution in [3.05, 3.63) is 0 Å². The monoisotopic (exact) mass is 287 g/mol. The second kappa shape index (κ2) is 5.52. The van der Waals surface area contributed by atoms with Crippen LogP contribution in [0.1, 0.15) is 20.3 Å². The van der Waals surface area contributed by atoms with E-state index < -0.39 is 5.54 Å². The molecular formula is C11H17N3O2S2. The van der Waals surface area contributed by atoms with E-state index in [1.807, 2.05) is 0 Å². The van der Waals surface area contributed by atoms with E-state index in [1.165, 1.54) is 4.90 Å².